The van der Waals surface area contributed by atoms with Gasteiger partial charge in [-0.25, -0.2) is 4.79 Å². The second-order valence-corrected chi connectivity index (χ2v) is 6.72. The van der Waals surface area contributed by atoms with Crippen LogP contribution in [0.2, 0.25) is 0 Å². The number of nitrogens with one attached hydrogen (secondary N) is 3. The van der Waals surface area contributed by atoms with Crippen LogP contribution < -0.4 is 15.9 Å². The van der Waals surface area contributed by atoms with Crippen LogP contribution in [0.4, 0.5) is 11.4 Å². The number of hydrogen-bond acceptors (Lipinski definition) is 4. The molecule has 4 rings (SSSR count). The Morgan fingerprint density at radius 1 is 1.11 bits per heavy atom. The molecular formula is C20H22N4O3. The molecule has 1 saturated heterocycles. The fraction of sp³-hybridized carbons (Fsp3) is 0.300. The van der Waals surface area contributed by atoms with Crippen LogP contribution in [0.1, 0.15) is 18.4 Å². The Labute approximate surface area is 156 Å². The number of morpholine rings is 1. The summed E-state index contributed by atoms with van der Waals surface area (Å²) in [6.07, 6.45) is 0. The third kappa shape index (κ3) is 3.59. The first-order valence-electron chi connectivity index (χ1n) is 9.06. The molecule has 27 heavy (non-hydrogen) atoms. The Balaban J connectivity index is 1.68. The van der Waals surface area contributed by atoms with Gasteiger partial charge >= 0.3 is 5.69 Å². The van der Waals surface area contributed by atoms with E-state index in [0.717, 1.165) is 29.9 Å². The van der Waals surface area contributed by atoms with Gasteiger partial charge in [0.1, 0.15) is 0 Å². The van der Waals surface area contributed by atoms with Crippen molar-refractivity contribution >= 4 is 28.3 Å². The van der Waals surface area contributed by atoms with Crippen molar-refractivity contribution in [2.75, 3.05) is 36.5 Å². The highest BCUT2D eigenvalue weighted by molar-refractivity contribution is 6.01. The van der Waals surface area contributed by atoms with E-state index in [1.807, 2.05) is 49.4 Å². The summed E-state index contributed by atoms with van der Waals surface area (Å²) in [5.41, 5.74) is 3.65. The molecule has 2 heterocycles. The van der Waals surface area contributed by atoms with Crippen LogP contribution in [0.25, 0.3) is 11.0 Å². The van der Waals surface area contributed by atoms with Crippen LogP contribution in [0.15, 0.2) is 47.3 Å². The van der Waals surface area contributed by atoms with Gasteiger partial charge in [0.15, 0.2) is 0 Å². The Hall–Kier alpha value is -3.06. The SMILES string of the molecule is C[C@H](C(=O)Nc1cc2[nH]c(=O)[nH]c2cc1N1CCOCC1)c1ccccc1. The van der Waals surface area contributed by atoms with Crippen molar-refractivity contribution in [1.82, 2.24) is 9.97 Å². The first kappa shape index (κ1) is 17.4. The van der Waals surface area contributed by atoms with E-state index in [-0.39, 0.29) is 17.5 Å². The van der Waals surface area contributed by atoms with E-state index >= 15 is 0 Å². The molecule has 3 aromatic rings. The minimum absolute atomic E-state index is 0.0899. The zero-order valence-electron chi connectivity index (χ0n) is 15.1. The maximum absolute atomic E-state index is 12.9. The lowest BCUT2D eigenvalue weighted by Gasteiger charge is -2.30. The van der Waals surface area contributed by atoms with Gasteiger partial charge < -0.3 is 24.9 Å². The third-order valence-electron chi connectivity index (χ3n) is 4.93. The number of carbonyl (C=O) groups is 1. The fourth-order valence-electron chi connectivity index (χ4n) is 3.37. The van der Waals surface area contributed by atoms with Crippen molar-refractivity contribution in [3.05, 3.63) is 58.5 Å². The minimum Gasteiger partial charge on any atom is -0.378 e. The summed E-state index contributed by atoms with van der Waals surface area (Å²) < 4.78 is 5.44. The highest BCUT2D eigenvalue weighted by Gasteiger charge is 2.21. The number of nitrogens with zero attached hydrogens (tertiary/aromatic N) is 1. The van der Waals surface area contributed by atoms with E-state index < -0.39 is 0 Å². The molecule has 1 atom stereocenters. The Bertz CT molecular complexity index is 1000. The monoisotopic (exact) mass is 366 g/mol. The smallest absolute Gasteiger partial charge is 0.323 e. The molecule has 3 N–H and O–H groups in total. The maximum Gasteiger partial charge on any atom is 0.323 e. The summed E-state index contributed by atoms with van der Waals surface area (Å²) in [5, 5.41) is 3.05. The molecular weight excluding hydrogens is 344 g/mol. The number of amides is 1. The average Bonchev–Trinajstić information content (AvgIpc) is 3.07. The van der Waals surface area contributed by atoms with E-state index in [1.54, 1.807) is 0 Å². The summed E-state index contributed by atoms with van der Waals surface area (Å²) in [4.78, 5) is 32.2. The minimum atomic E-state index is -0.287. The number of hydrogen-bond donors (Lipinski definition) is 3. The summed E-state index contributed by atoms with van der Waals surface area (Å²) in [7, 11) is 0. The van der Waals surface area contributed by atoms with Crippen molar-refractivity contribution < 1.29 is 9.53 Å². The number of aromatic amines is 2. The van der Waals surface area contributed by atoms with Gasteiger partial charge in [-0.1, -0.05) is 30.3 Å². The van der Waals surface area contributed by atoms with Crippen molar-refractivity contribution in [2.45, 2.75) is 12.8 Å². The number of rotatable bonds is 4. The predicted octanol–water partition coefficient (Wildman–Crippen LogP) is 2.44. The second kappa shape index (κ2) is 7.28. The average molecular weight is 366 g/mol. The number of ether oxygens (including phenoxy) is 1. The van der Waals surface area contributed by atoms with E-state index in [4.69, 9.17) is 4.74 Å². The molecule has 1 aliphatic rings. The lowest BCUT2D eigenvalue weighted by molar-refractivity contribution is -0.117. The van der Waals surface area contributed by atoms with Crippen molar-refractivity contribution in [1.29, 1.82) is 0 Å². The quantitative estimate of drug-likeness (QED) is 0.661. The van der Waals surface area contributed by atoms with Crippen LogP contribution in [0.3, 0.4) is 0 Å². The molecule has 0 spiro atoms. The molecule has 0 bridgehead atoms. The van der Waals surface area contributed by atoms with E-state index in [2.05, 4.69) is 20.2 Å². The Morgan fingerprint density at radius 3 is 2.48 bits per heavy atom. The third-order valence-corrected chi connectivity index (χ3v) is 4.93. The molecule has 1 amide bonds. The molecule has 1 fully saturated rings. The van der Waals surface area contributed by atoms with Crippen LogP contribution >= 0.6 is 0 Å². The summed E-state index contributed by atoms with van der Waals surface area (Å²) in [5.74, 6) is -0.377. The molecule has 0 aliphatic carbocycles. The number of imidazole rings is 1. The van der Waals surface area contributed by atoms with Gasteiger partial charge in [-0.2, -0.15) is 0 Å². The van der Waals surface area contributed by atoms with Crippen LogP contribution in [-0.2, 0) is 9.53 Å². The zero-order chi connectivity index (χ0) is 18.8. The van der Waals surface area contributed by atoms with Crippen molar-refractivity contribution in [2.24, 2.45) is 0 Å². The summed E-state index contributed by atoms with van der Waals surface area (Å²) in [6, 6.07) is 13.4. The number of carbonyl (C=O) groups excluding carboxylic acids is 1. The predicted molar refractivity (Wildman–Crippen MR) is 105 cm³/mol. The Kier molecular flexibility index (Phi) is 4.68. The van der Waals surface area contributed by atoms with Gasteiger partial charge in [-0.15, -0.1) is 0 Å². The van der Waals surface area contributed by atoms with E-state index in [1.165, 1.54) is 0 Å². The normalized spacial score (nSPS) is 15.7. The molecule has 0 saturated carbocycles. The number of aromatic nitrogens is 2. The number of anilines is 2. The lowest BCUT2D eigenvalue weighted by Crippen LogP contribution is -2.37. The Morgan fingerprint density at radius 2 is 1.78 bits per heavy atom. The first-order chi connectivity index (χ1) is 13.1. The first-order valence-corrected chi connectivity index (χ1v) is 9.06. The summed E-state index contributed by atoms with van der Waals surface area (Å²) >= 11 is 0. The molecule has 1 aliphatic heterocycles. The molecule has 2 aromatic carbocycles. The highest BCUT2D eigenvalue weighted by atomic mass is 16.5. The topological polar surface area (TPSA) is 90.2 Å². The highest BCUT2D eigenvalue weighted by Crippen LogP contribution is 2.31. The van der Waals surface area contributed by atoms with Crippen LogP contribution in [-0.4, -0.2) is 42.2 Å². The molecule has 140 valence electrons. The number of fused-ring (bicyclic) bond motifs is 1. The van der Waals surface area contributed by atoms with Gasteiger partial charge in [0.05, 0.1) is 41.5 Å². The van der Waals surface area contributed by atoms with Crippen molar-refractivity contribution in [3.8, 4) is 0 Å². The molecule has 1 aromatic heterocycles. The summed E-state index contributed by atoms with van der Waals surface area (Å²) in [6.45, 7) is 4.62. The number of H-pyrrole nitrogens is 2. The molecule has 7 heteroatoms. The zero-order valence-corrected chi connectivity index (χ0v) is 15.1. The largest absolute Gasteiger partial charge is 0.378 e. The molecule has 0 radical (unpaired) electrons. The van der Waals surface area contributed by atoms with Crippen LogP contribution in [0, 0.1) is 0 Å². The van der Waals surface area contributed by atoms with Gasteiger partial charge in [0, 0.05) is 13.1 Å². The van der Waals surface area contributed by atoms with Gasteiger partial charge in [0.25, 0.3) is 0 Å². The maximum atomic E-state index is 12.9. The van der Waals surface area contributed by atoms with E-state index in [0.29, 0.717) is 24.4 Å². The lowest BCUT2D eigenvalue weighted by atomic mass is 10.0. The van der Waals surface area contributed by atoms with Gasteiger partial charge in [-0.05, 0) is 24.6 Å². The van der Waals surface area contributed by atoms with Crippen LogP contribution in [0.5, 0.6) is 0 Å². The van der Waals surface area contributed by atoms with E-state index in [9.17, 15) is 9.59 Å². The van der Waals surface area contributed by atoms with Crippen molar-refractivity contribution in [3.63, 3.8) is 0 Å². The standard InChI is InChI=1S/C20H22N4O3/c1-13(14-5-3-2-4-6-14)19(25)21-17-11-15-16(23-20(26)22-15)12-18(17)24-7-9-27-10-8-24/h2-6,11-13H,7-10H2,1H3,(H,21,25)(H2,22,23,26)/t13-/m0/s1. The van der Waals surface area contributed by atoms with Gasteiger partial charge in [-0.3, -0.25) is 4.79 Å². The number of benzene rings is 2. The van der Waals surface area contributed by atoms with Gasteiger partial charge in [0.2, 0.25) is 5.91 Å². The second-order valence-electron chi connectivity index (χ2n) is 6.72. The molecule has 7 nitrogen and oxygen atoms in total. The fourth-order valence-corrected chi connectivity index (χ4v) is 3.37. The molecule has 0 unspecified atom stereocenters.